The molecule has 0 unspecified atom stereocenters. The predicted octanol–water partition coefficient (Wildman–Crippen LogP) is 2.63. The second-order valence-electron chi connectivity index (χ2n) is 7.84. The molecule has 0 spiro atoms. The summed E-state index contributed by atoms with van der Waals surface area (Å²) in [7, 11) is 0. The molecule has 2 aromatic rings. The molecule has 0 radical (unpaired) electrons. The average molecular weight is 416 g/mol. The Kier molecular flexibility index (Phi) is 5.90. The van der Waals surface area contributed by atoms with Crippen molar-refractivity contribution in [2.24, 2.45) is 0 Å². The van der Waals surface area contributed by atoms with Gasteiger partial charge in [0, 0.05) is 37.6 Å². The average Bonchev–Trinajstić information content (AvgIpc) is 3.18. The van der Waals surface area contributed by atoms with Crippen LogP contribution in [0.1, 0.15) is 31.3 Å². The number of aromatic amines is 1. The number of piperazine rings is 1. The van der Waals surface area contributed by atoms with Gasteiger partial charge in [0.25, 0.3) is 5.91 Å². The van der Waals surface area contributed by atoms with E-state index in [0.29, 0.717) is 31.9 Å². The molecule has 2 N–H and O–H groups in total. The quantitative estimate of drug-likeness (QED) is 0.578. The van der Waals surface area contributed by atoms with Gasteiger partial charge in [-0.3, -0.25) is 20.0 Å². The van der Waals surface area contributed by atoms with Gasteiger partial charge in [-0.15, -0.1) is 0 Å². The first-order valence-corrected chi connectivity index (χ1v) is 9.46. The molecule has 1 saturated heterocycles. The maximum atomic E-state index is 12.2. The van der Waals surface area contributed by atoms with Gasteiger partial charge in [-0.1, -0.05) is 0 Å². The number of carbonyl (C=O) groups is 2. The molecule has 0 bridgehead atoms. The van der Waals surface area contributed by atoms with E-state index >= 15 is 0 Å². The van der Waals surface area contributed by atoms with Gasteiger partial charge >= 0.3 is 11.8 Å². The zero-order chi connectivity index (χ0) is 21.9. The number of amides is 2. The van der Waals surface area contributed by atoms with E-state index in [2.05, 4.69) is 20.4 Å². The minimum Gasteiger partial charge on any atom is -0.444 e. The normalized spacial score (nSPS) is 14.4. The second kappa shape index (κ2) is 8.39. The number of rotatable bonds is 4. The number of anilines is 2. The van der Waals surface area contributed by atoms with Crippen LogP contribution in [0.4, 0.5) is 21.9 Å². The summed E-state index contributed by atoms with van der Waals surface area (Å²) in [5.41, 5.74) is 0.337. The van der Waals surface area contributed by atoms with Crippen LogP contribution in [-0.2, 0) is 4.74 Å². The third-order valence-electron chi connectivity index (χ3n) is 4.46. The van der Waals surface area contributed by atoms with E-state index in [1.165, 1.54) is 0 Å². The van der Waals surface area contributed by atoms with Crippen molar-refractivity contribution in [1.82, 2.24) is 15.1 Å². The van der Waals surface area contributed by atoms with Crippen molar-refractivity contribution < 1.29 is 19.2 Å². The molecule has 1 fully saturated rings. The van der Waals surface area contributed by atoms with Gasteiger partial charge in [0.05, 0.1) is 4.92 Å². The number of hydrogen-bond acceptors (Lipinski definition) is 7. The summed E-state index contributed by atoms with van der Waals surface area (Å²) < 4.78 is 5.40. The van der Waals surface area contributed by atoms with Gasteiger partial charge < -0.3 is 19.9 Å². The van der Waals surface area contributed by atoms with E-state index in [0.717, 1.165) is 11.9 Å². The van der Waals surface area contributed by atoms with Crippen molar-refractivity contribution in [3.05, 3.63) is 46.3 Å². The molecular formula is C19H24N6O5. The molecule has 1 aliphatic rings. The Balaban J connectivity index is 1.56. The minimum atomic E-state index is -0.668. The van der Waals surface area contributed by atoms with Gasteiger partial charge in [-0.25, -0.2) is 4.79 Å². The third-order valence-corrected chi connectivity index (χ3v) is 4.46. The summed E-state index contributed by atoms with van der Waals surface area (Å²) >= 11 is 0. The first kappa shape index (κ1) is 21.1. The Hall–Kier alpha value is -3.63. The molecule has 1 aliphatic heterocycles. The predicted molar refractivity (Wildman–Crippen MR) is 110 cm³/mol. The summed E-state index contributed by atoms with van der Waals surface area (Å²) in [4.78, 5) is 38.5. The van der Waals surface area contributed by atoms with Crippen LogP contribution >= 0.6 is 0 Å². The van der Waals surface area contributed by atoms with E-state index in [4.69, 9.17) is 4.74 Å². The first-order chi connectivity index (χ1) is 14.1. The number of hydrogen-bond donors (Lipinski definition) is 2. The van der Waals surface area contributed by atoms with Crippen molar-refractivity contribution in [3.8, 4) is 0 Å². The molecule has 0 saturated carbocycles. The molecule has 2 amide bonds. The Labute approximate surface area is 173 Å². The molecule has 11 heteroatoms. The van der Waals surface area contributed by atoms with E-state index in [9.17, 15) is 19.7 Å². The lowest BCUT2D eigenvalue weighted by Gasteiger charge is -2.36. The lowest BCUT2D eigenvalue weighted by atomic mass is 10.2. The van der Waals surface area contributed by atoms with Crippen molar-refractivity contribution in [2.75, 3.05) is 36.4 Å². The highest BCUT2D eigenvalue weighted by atomic mass is 16.6. The fourth-order valence-electron chi connectivity index (χ4n) is 3.01. The van der Waals surface area contributed by atoms with E-state index < -0.39 is 16.4 Å². The smallest absolute Gasteiger partial charge is 0.410 e. The monoisotopic (exact) mass is 416 g/mol. The number of nitro groups is 1. The fraction of sp³-hybridized carbons (Fsp3) is 0.421. The maximum Gasteiger partial charge on any atom is 0.410 e. The second-order valence-corrected chi connectivity index (χ2v) is 7.84. The Morgan fingerprint density at radius 3 is 2.37 bits per heavy atom. The number of nitrogens with one attached hydrogen (secondary N) is 2. The Morgan fingerprint density at radius 2 is 1.80 bits per heavy atom. The molecule has 0 aliphatic carbocycles. The highest BCUT2D eigenvalue weighted by molar-refractivity contribution is 6.05. The summed E-state index contributed by atoms with van der Waals surface area (Å²) in [6.45, 7) is 7.94. The maximum absolute atomic E-state index is 12.2. The SMILES string of the molecule is CC(C)(C)OC(=O)N1CCN(c2ccc(NC(=O)c3[nH]ncc3[N+](=O)[O-])cc2)CC1. The van der Waals surface area contributed by atoms with Crippen LogP contribution in [-0.4, -0.2) is 63.8 Å². The zero-order valence-electron chi connectivity index (χ0n) is 17.0. The topological polar surface area (TPSA) is 134 Å². The largest absolute Gasteiger partial charge is 0.444 e. The van der Waals surface area contributed by atoms with Gasteiger partial charge in [0.1, 0.15) is 11.8 Å². The standard InChI is InChI=1S/C19H24N6O5/c1-19(2,3)30-18(27)24-10-8-23(9-11-24)14-6-4-13(5-7-14)21-17(26)16-15(25(28)29)12-20-22-16/h4-7,12H,8-11H2,1-3H3,(H,20,22)(H,21,26). The van der Waals surface area contributed by atoms with Crippen LogP contribution in [0.15, 0.2) is 30.5 Å². The van der Waals surface area contributed by atoms with Crippen LogP contribution in [0.3, 0.4) is 0 Å². The van der Waals surface area contributed by atoms with E-state index in [1.54, 1.807) is 17.0 Å². The van der Waals surface area contributed by atoms with Crippen LogP contribution in [0, 0.1) is 10.1 Å². The number of ether oxygens (including phenoxy) is 1. The van der Waals surface area contributed by atoms with Gasteiger partial charge in [-0.05, 0) is 45.0 Å². The van der Waals surface area contributed by atoms with Crippen LogP contribution in [0.25, 0.3) is 0 Å². The summed E-state index contributed by atoms with van der Waals surface area (Å²) in [6.07, 6.45) is 0.683. The molecule has 3 rings (SSSR count). The molecule has 160 valence electrons. The number of carbonyl (C=O) groups excluding carboxylic acids is 2. The molecular weight excluding hydrogens is 392 g/mol. The summed E-state index contributed by atoms with van der Waals surface area (Å²) in [6, 6.07) is 7.13. The number of nitrogens with zero attached hydrogens (tertiary/aromatic N) is 4. The van der Waals surface area contributed by atoms with Crippen molar-refractivity contribution in [2.45, 2.75) is 26.4 Å². The lowest BCUT2D eigenvalue weighted by Crippen LogP contribution is -2.50. The van der Waals surface area contributed by atoms with Gasteiger partial charge in [0.2, 0.25) is 5.69 Å². The third kappa shape index (κ3) is 5.04. The van der Waals surface area contributed by atoms with Gasteiger partial charge in [0.15, 0.2) is 0 Å². The van der Waals surface area contributed by atoms with Crippen LogP contribution in [0.5, 0.6) is 0 Å². The van der Waals surface area contributed by atoms with Gasteiger partial charge in [-0.2, -0.15) is 5.10 Å². The summed E-state index contributed by atoms with van der Waals surface area (Å²) in [5, 5.41) is 19.4. The molecule has 0 atom stereocenters. The lowest BCUT2D eigenvalue weighted by molar-refractivity contribution is -0.385. The van der Waals surface area contributed by atoms with E-state index in [-0.39, 0.29) is 17.5 Å². The van der Waals surface area contributed by atoms with Crippen LogP contribution in [0.2, 0.25) is 0 Å². The highest BCUT2D eigenvalue weighted by Gasteiger charge is 2.26. The molecule has 2 heterocycles. The van der Waals surface area contributed by atoms with Crippen molar-refractivity contribution in [3.63, 3.8) is 0 Å². The van der Waals surface area contributed by atoms with Crippen LogP contribution < -0.4 is 10.2 Å². The fourth-order valence-corrected chi connectivity index (χ4v) is 3.01. The minimum absolute atomic E-state index is 0.206. The number of aromatic nitrogens is 2. The molecule has 11 nitrogen and oxygen atoms in total. The number of H-pyrrole nitrogens is 1. The van der Waals surface area contributed by atoms with Crippen molar-refractivity contribution in [1.29, 1.82) is 0 Å². The Bertz CT molecular complexity index is 926. The molecule has 1 aromatic heterocycles. The first-order valence-electron chi connectivity index (χ1n) is 9.46. The number of benzene rings is 1. The van der Waals surface area contributed by atoms with E-state index in [1.807, 2.05) is 32.9 Å². The molecule has 1 aromatic carbocycles. The zero-order valence-corrected chi connectivity index (χ0v) is 17.0. The Morgan fingerprint density at radius 1 is 1.17 bits per heavy atom. The highest BCUT2D eigenvalue weighted by Crippen LogP contribution is 2.22. The molecule has 30 heavy (non-hydrogen) atoms. The van der Waals surface area contributed by atoms with Crippen molar-refractivity contribution >= 4 is 29.1 Å². The summed E-state index contributed by atoms with van der Waals surface area (Å²) in [5.74, 6) is -0.641.